The van der Waals surface area contributed by atoms with Crippen molar-refractivity contribution in [3.05, 3.63) is 0 Å². The number of rotatable bonds is 4. The van der Waals surface area contributed by atoms with Crippen molar-refractivity contribution in [1.29, 1.82) is 0 Å². The van der Waals surface area contributed by atoms with Crippen molar-refractivity contribution in [3.8, 4) is 0 Å². The van der Waals surface area contributed by atoms with Gasteiger partial charge in [0.15, 0.2) is 0 Å². The van der Waals surface area contributed by atoms with E-state index in [0.29, 0.717) is 18.6 Å². The summed E-state index contributed by atoms with van der Waals surface area (Å²) in [6.45, 7) is 0.687. The second-order valence-corrected chi connectivity index (χ2v) is 5.28. The predicted molar refractivity (Wildman–Crippen MR) is 68.7 cm³/mol. The van der Waals surface area contributed by atoms with Gasteiger partial charge in [-0.25, -0.2) is 10.4 Å². The molecular formula is C12H24N4O2. The molecule has 2 fully saturated rings. The topological polar surface area (TPSA) is 65.6 Å². The van der Waals surface area contributed by atoms with E-state index in [0.717, 1.165) is 19.3 Å². The molecule has 2 rings (SSSR count). The lowest BCUT2D eigenvalue weighted by Gasteiger charge is -2.19. The first-order valence-corrected chi connectivity index (χ1v) is 6.61. The molecule has 0 aromatic rings. The number of hydrazine groups is 1. The Hall–Kier alpha value is -0.690. The van der Waals surface area contributed by atoms with Crippen molar-refractivity contribution in [2.75, 3.05) is 27.7 Å². The lowest BCUT2D eigenvalue weighted by molar-refractivity contribution is -0.128. The maximum Gasteiger partial charge on any atom is 0.228 e. The van der Waals surface area contributed by atoms with Crippen LogP contribution in [-0.4, -0.2) is 57.0 Å². The minimum Gasteiger partial charge on any atom is -0.364 e. The van der Waals surface area contributed by atoms with Crippen molar-refractivity contribution in [3.63, 3.8) is 0 Å². The fourth-order valence-electron chi connectivity index (χ4n) is 2.87. The first kappa shape index (κ1) is 13.7. The van der Waals surface area contributed by atoms with Crippen LogP contribution in [0.4, 0.5) is 0 Å². The second kappa shape index (κ2) is 5.97. The van der Waals surface area contributed by atoms with E-state index in [1.807, 2.05) is 19.1 Å². The van der Waals surface area contributed by atoms with Crippen LogP contribution in [0.1, 0.15) is 19.3 Å². The number of carbonyl (C=O) groups is 1. The number of hydrogen-bond acceptors (Lipinski definition) is 5. The summed E-state index contributed by atoms with van der Waals surface area (Å²) in [5, 5.41) is 8.32. The number of nitrogens with one attached hydrogen (secondary N) is 3. The van der Waals surface area contributed by atoms with Gasteiger partial charge in [0.1, 0.15) is 6.23 Å². The summed E-state index contributed by atoms with van der Waals surface area (Å²) in [4.78, 5) is 12.2. The highest BCUT2D eigenvalue weighted by molar-refractivity contribution is 5.80. The van der Waals surface area contributed by atoms with Crippen molar-refractivity contribution in [2.45, 2.75) is 37.6 Å². The molecule has 1 aliphatic heterocycles. The van der Waals surface area contributed by atoms with E-state index in [9.17, 15) is 4.79 Å². The molecule has 18 heavy (non-hydrogen) atoms. The Bertz CT molecular complexity index is 300. The predicted octanol–water partition coefficient (Wildman–Crippen LogP) is -0.718. The molecule has 3 N–H and O–H groups in total. The van der Waals surface area contributed by atoms with Gasteiger partial charge in [0, 0.05) is 32.8 Å². The smallest absolute Gasteiger partial charge is 0.228 e. The highest BCUT2D eigenvalue weighted by Gasteiger charge is 2.37. The maximum atomic E-state index is 12.2. The average Bonchev–Trinajstić information content (AvgIpc) is 2.95. The first-order valence-electron chi connectivity index (χ1n) is 6.61. The van der Waals surface area contributed by atoms with Gasteiger partial charge in [-0.3, -0.25) is 4.79 Å². The molecule has 4 unspecified atom stereocenters. The third-order valence-electron chi connectivity index (χ3n) is 3.96. The van der Waals surface area contributed by atoms with Crippen LogP contribution in [-0.2, 0) is 9.53 Å². The van der Waals surface area contributed by atoms with Crippen LogP contribution in [0, 0.1) is 5.92 Å². The number of hydrogen-bond donors (Lipinski definition) is 3. The Labute approximate surface area is 108 Å². The first-order chi connectivity index (χ1) is 8.63. The van der Waals surface area contributed by atoms with E-state index in [1.54, 1.807) is 7.11 Å². The number of carbonyl (C=O) groups excluding carboxylic acids is 1. The summed E-state index contributed by atoms with van der Waals surface area (Å²) in [5.41, 5.74) is 3.12. The molecule has 1 heterocycles. The standard InChI is InChI=1S/C12H24N4O2/c1-13-8-4-5-9(6-8)14-11(17)10-7-16(2)15-12(10)18-3/h8-10,12-13,15H,4-7H2,1-3H3,(H,14,17). The van der Waals surface area contributed by atoms with E-state index in [1.165, 1.54) is 0 Å². The second-order valence-electron chi connectivity index (χ2n) is 5.28. The molecule has 1 saturated heterocycles. The summed E-state index contributed by atoms with van der Waals surface area (Å²) in [5.74, 6) is -0.0333. The molecule has 1 amide bonds. The van der Waals surface area contributed by atoms with Crippen molar-refractivity contribution in [1.82, 2.24) is 21.1 Å². The van der Waals surface area contributed by atoms with Crippen LogP contribution in [0.5, 0.6) is 0 Å². The molecule has 2 aliphatic rings. The van der Waals surface area contributed by atoms with Gasteiger partial charge in [0.2, 0.25) is 5.91 Å². The minimum atomic E-state index is -0.212. The number of methoxy groups -OCH3 is 1. The lowest BCUT2D eigenvalue weighted by atomic mass is 10.1. The Morgan fingerprint density at radius 3 is 2.72 bits per heavy atom. The van der Waals surface area contributed by atoms with Gasteiger partial charge in [-0.05, 0) is 26.3 Å². The van der Waals surface area contributed by atoms with E-state index >= 15 is 0 Å². The molecule has 104 valence electrons. The van der Waals surface area contributed by atoms with Gasteiger partial charge in [0.25, 0.3) is 0 Å². The molecule has 0 aromatic carbocycles. The fourth-order valence-corrected chi connectivity index (χ4v) is 2.87. The SMILES string of the molecule is CNC1CCC(NC(=O)C2CN(C)NC2OC)C1. The fraction of sp³-hybridized carbons (Fsp3) is 0.917. The van der Waals surface area contributed by atoms with Gasteiger partial charge >= 0.3 is 0 Å². The monoisotopic (exact) mass is 256 g/mol. The Balaban J connectivity index is 1.84. The van der Waals surface area contributed by atoms with E-state index in [-0.39, 0.29) is 18.1 Å². The Morgan fingerprint density at radius 2 is 2.11 bits per heavy atom. The summed E-state index contributed by atoms with van der Waals surface area (Å²) < 4.78 is 5.30. The van der Waals surface area contributed by atoms with E-state index < -0.39 is 0 Å². The zero-order chi connectivity index (χ0) is 13.1. The van der Waals surface area contributed by atoms with Gasteiger partial charge < -0.3 is 15.4 Å². The van der Waals surface area contributed by atoms with Gasteiger partial charge in [-0.2, -0.15) is 0 Å². The molecule has 6 heteroatoms. The number of nitrogens with zero attached hydrogens (tertiary/aromatic N) is 1. The zero-order valence-corrected chi connectivity index (χ0v) is 11.4. The van der Waals surface area contributed by atoms with Crippen molar-refractivity contribution in [2.24, 2.45) is 5.92 Å². The average molecular weight is 256 g/mol. The van der Waals surface area contributed by atoms with Crippen LogP contribution in [0.15, 0.2) is 0 Å². The molecule has 0 aromatic heterocycles. The van der Waals surface area contributed by atoms with Crippen LogP contribution in [0.3, 0.4) is 0 Å². The third kappa shape index (κ3) is 3.00. The Morgan fingerprint density at radius 1 is 1.39 bits per heavy atom. The van der Waals surface area contributed by atoms with Crippen LogP contribution < -0.4 is 16.1 Å². The van der Waals surface area contributed by atoms with Crippen LogP contribution in [0.25, 0.3) is 0 Å². The van der Waals surface area contributed by atoms with E-state index in [2.05, 4.69) is 16.1 Å². The molecule has 4 atom stereocenters. The third-order valence-corrected chi connectivity index (χ3v) is 3.96. The molecule has 0 spiro atoms. The van der Waals surface area contributed by atoms with Crippen LogP contribution in [0.2, 0.25) is 0 Å². The van der Waals surface area contributed by atoms with Gasteiger partial charge in [-0.1, -0.05) is 0 Å². The number of amides is 1. The molecular weight excluding hydrogens is 232 g/mol. The van der Waals surface area contributed by atoms with Gasteiger partial charge in [0.05, 0.1) is 5.92 Å². The molecule has 0 radical (unpaired) electrons. The lowest BCUT2D eigenvalue weighted by Crippen LogP contribution is -2.44. The normalized spacial score (nSPS) is 37.1. The highest BCUT2D eigenvalue weighted by atomic mass is 16.5. The molecule has 1 aliphatic carbocycles. The van der Waals surface area contributed by atoms with E-state index in [4.69, 9.17) is 4.74 Å². The molecule has 0 bridgehead atoms. The van der Waals surface area contributed by atoms with Crippen LogP contribution >= 0.6 is 0 Å². The minimum absolute atomic E-state index is 0.0976. The summed E-state index contributed by atoms with van der Waals surface area (Å²) in [6.07, 6.45) is 3.01. The maximum absolute atomic E-state index is 12.2. The zero-order valence-electron chi connectivity index (χ0n) is 11.4. The van der Waals surface area contributed by atoms with Gasteiger partial charge in [-0.15, -0.1) is 0 Å². The quantitative estimate of drug-likeness (QED) is 0.620. The highest BCUT2D eigenvalue weighted by Crippen LogP contribution is 2.20. The number of ether oxygens (including phenoxy) is 1. The summed E-state index contributed by atoms with van der Waals surface area (Å²) in [7, 11) is 5.53. The van der Waals surface area contributed by atoms with Crippen molar-refractivity contribution >= 4 is 5.91 Å². The summed E-state index contributed by atoms with van der Waals surface area (Å²) >= 11 is 0. The summed E-state index contributed by atoms with van der Waals surface area (Å²) in [6, 6.07) is 0.844. The Kier molecular flexibility index (Phi) is 4.55. The largest absolute Gasteiger partial charge is 0.364 e. The van der Waals surface area contributed by atoms with Crippen molar-refractivity contribution < 1.29 is 9.53 Å². The molecule has 6 nitrogen and oxygen atoms in total. The molecule has 1 saturated carbocycles.